The molecule has 1 aromatic carbocycles. The molecule has 1 unspecified atom stereocenters. The van der Waals surface area contributed by atoms with E-state index < -0.39 is 0 Å². The van der Waals surface area contributed by atoms with Crippen LogP contribution < -0.4 is 0 Å². The highest BCUT2D eigenvalue weighted by molar-refractivity contribution is 5.76. The summed E-state index contributed by atoms with van der Waals surface area (Å²) in [4.78, 5) is 15.8. The number of likely N-dealkylation sites (tertiary alicyclic amines) is 1. The summed E-state index contributed by atoms with van der Waals surface area (Å²) in [5, 5.41) is 21.3. The molecule has 1 atom stereocenters. The molecule has 128 valence electrons. The van der Waals surface area contributed by atoms with E-state index in [0.717, 1.165) is 37.8 Å². The van der Waals surface area contributed by atoms with Crippen LogP contribution in [0.25, 0.3) is 11.4 Å². The average molecular weight is 329 g/mol. The molecular weight excluding hydrogens is 306 g/mol. The Morgan fingerprint density at radius 3 is 2.88 bits per heavy atom. The Kier molecular flexibility index (Phi) is 5.20. The van der Waals surface area contributed by atoms with Gasteiger partial charge in [0, 0.05) is 24.8 Å². The molecule has 0 aliphatic carbocycles. The van der Waals surface area contributed by atoms with Gasteiger partial charge < -0.3 is 10.0 Å². The number of amides is 1. The van der Waals surface area contributed by atoms with Gasteiger partial charge in [-0.25, -0.2) is 0 Å². The third-order valence-corrected chi connectivity index (χ3v) is 4.43. The van der Waals surface area contributed by atoms with Crippen LogP contribution in [0, 0.1) is 6.92 Å². The number of aryl methyl sites for hydroxylation is 1. The van der Waals surface area contributed by atoms with E-state index in [1.165, 1.54) is 10.4 Å². The standard InChI is InChI=1S/C17H23N5O2/c1-13-6-8-14(9-7-13)17-18-20-22(19-17)12-16(24)21-10-2-4-15(21)5-3-11-23/h6-9,15,23H,2-5,10-12H2,1H3. The van der Waals surface area contributed by atoms with Gasteiger partial charge >= 0.3 is 0 Å². The summed E-state index contributed by atoms with van der Waals surface area (Å²) in [5.41, 5.74) is 2.06. The van der Waals surface area contributed by atoms with Crippen LogP contribution in [0.1, 0.15) is 31.2 Å². The first kappa shape index (κ1) is 16.6. The maximum absolute atomic E-state index is 12.5. The molecule has 0 radical (unpaired) electrons. The molecule has 0 saturated carbocycles. The molecule has 7 nitrogen and oxygen atoms in total. The van der Waals surface area contributed by atoms with Gasteiger partial charge in [-0.3, -0.25) is 4.79 Å². The molecule has 1 N–H and O–H groups in total. The Hall–Kier alpha value is -2.28. The van der Waals surface area contributed by atoms with Gasteiger partial charge in [0.15, 0.2) is 0 Å². The van der Waals surface area contributed by atoms with Gasteiger partial charge in [-0.1, -0.05) is 29.8 Å². The Bertz CT molecular complexity index is 683. The quantitative estimate of drug-likeness (QED) is 0.866. The lowest BCUT2D eigenvalue weighted by Crippen LogP contribution is -2.38. The minimum Gasteiger partial charge on any atom is -0.396 e. The van der Waals surface area contributed by atoms with Crippen molar-refractivity contribution in [3.05, 3.63) is 29.8 Å². The zero-order valence-corrected chi connectivity index (χ0v) is 13.9. The van der Waals surface area contributed by atoms with Crippen LogP contribution in [-0.4, -0.2) is 55.3 Å². The highest BCUT2D eigenvalue weighted by Crippen LogP contribution is 2.21. The lowest BCUT2D eigenvalue weighted by Gasteiger charge is -2.24. The number of nitrogens with zero attached hydrogens (tertiary/aromatic N) is 5. The van der Waals surface area contributed by atoms with E-state index in [4.69, 9.17) is 5.11 Å². The molecule has 1 aliphatic heterocycles. The van der Waals surface area contributed by atoms with Crippen molar-refractivity contribution in [3.63, 3.8) is 0 Å². The number of tetrazole rings is 1. The number of hydrogen-bond donors (Lipinski definition) is 1. The van der Waals surface area contributed by atoms with Crippen molar-refractivity contribution in [2.45, 2.75) is 45.2 Å². The van der Waals surface area contributed by atoms with Crippen LogP contribution in [-0.2, 0) is 11.3 Å². The lowest BCUT2D eigenvalue weighted by molar-refractivity contribution is -0.133. The van der Waals surface area contributed by atoms with E-state index in [9.17, 15) is 4.79 Å². The van der Waals surface area contributed by atoms with Crippen molar-refractivity contribution in [2.75, 3.05) is 13.2 Å². The Labute approximate surface area is 141 Å². The van der Waals surface area contributed by atoms with Crippen LogP contribution in [0.4, 0.5) is 0 Å². The molecule has 1 fully saturated rings. The summed E-state index contributed by atoms with van der Waals surface area (Å²) in [7, 11) is 0. The smallest absolute Gasteiger partial charge is 0.246 e. The van der Waals surface area contributed by atoms with Gasteiger partial charge in [0.05, 0.1) is 0 Å². The fourth-order valence-electron chi connectivity index (χ4n) is 3.13. The van der Waals surface area contributed by atoms with Crippen LogP contribution in [0.3, 0.4) is 0 Å². The van der Waals surface area contributed by atoms with E-state index >= 15 is 0 Å². The molecule has 1 amide bonds. The minimum absolute atomic E-state index is 0.0169. The summed E-state index contributed by atoms with van der Waals surface area (Å²) in [5.74, 6) is 0.546. The van der Waals surface area contributed by atoms with Crippen molar-refractivity contribution in [1.82, 2.24) is 25.1 Å². The molecule has 0 spiro atoms. The SMILES string of the molecule is Cc1ccc(-c2nnn(CC(=O)N3CCCC3CCCO)n2)cc1. The third-order valence-electron chi connectivity index (χ3n) is 4.43. The monoisotopic (exact) mass is 329 g/mol. The zero-order valence-electron chi connectivity index (χ0n) is 13.9. The number of carbonyl (C=O) groups is 1. The van der Waals surface area contributed by atoms with Crippen molar-refractivity contribution in [1.29, 1.82) is 0 Å². The molecular formula is C17H23N5O2. The molecule has 3 rings (SSSR count). The predicted octanol–water partition coefficient (Wildman–Crippen LogP) is 1.41. The molecule has 1 aromatic heterocycles. The van der Waals surface area contributed by atoms with E-state index in [0.29, 0.717) is 5.82 Å². The number of aliphatic hydroxyl groups excluding tert-OH is 1. The lowest BCUT2D eigenvalue weighted by atomic mass is 10.1. The largest absolute Gasteiger partial charge is 0.396 e. The number of carbonyl (C=O) groups excluding carboxylic acids is 1. The van der Waals surface area contributed by atoms with Crippen LogP contribution in [0.5, 0.6) is 0 Å². The van der Waals surface area contributed by atoms with Crippen molar-refractivity contribution < 1.29 is 9.90 Å². The summed E-state index contributed by atoms with van der Waals surface area (Å²) in [6, 6.07) is 8.12. The summed E-state index contributed by atoms with van der Waals surface area (Å²) < 4.78 is 0. The van der Waals surface area contributed by atoms with Gasteiger partial charge in [0.1, 0.15) is 6.54 Å². The zero-order chi connectivity index (χ0) is 16.9. The molecule has 2 aromatic rings. The molecule has 1 aliphatic rings. The number of hydrogen-bond acceptors (Lipinski definition) is 5. The van der Waals surface area contributed by atoms with Crippen LogP contribution in [0.15, 0.2) is 24.3 Å². The molecule has 2 heterocycles. The van der Waals surface area contributed by atoms with E-state index in [1.807, 2.05) is 36.1 Å². The topological polar surface area (TPSA) is 84.1 Å². The summed E-state index contributed by atoms with van der Waals surface area (Å²) in [6.45, 7) is 3.07. The van der Waals surface area contributed by atoms with Gasteiger partial charge in [-0.2, -0.15) is 4.80 Å². The van der Waals surface area contributed by atoms with Gasteiger partial charge in [-0.05, 0) is 37.8 Å². The molecule has 7 heteroatoms. The Balaban J connectivity index is 1.63. The van der Waals surface area contributed by atoms with Gasteiger partial charge in [-0.15, -0.1) is 10.2 Å². The van der Waals surface area contributed by atoms with Crippen molar-refractivity contribution in [2.24, 2.45) is 0 Å². The maximum Gasteiger partial charge on any atom is 0.246 e. The normalized spacial score (nSPS) is 17.4. The average Bonchev–Trinajstić information content (AvgIpc) is 3.23. The highest BCUT2D eigenvalue weighted by Gasteiger charge is 2.28. The van der Waals surface area contributed by atoms with E-state index in [1.54, 1.807) is 0 Å². The first-order valence-electron chi connectivity index (χ1n) is 8.42. The number of aromatic nitrogens is 4. The van der Waals surface area contributed by atoms with E-state index in [2.05, 4.69) is 15.4 Å². The second kappa shape index (κ2) is 7.53. The number of rotatable bonds is 6. The number of benzene rings is 1. The van der Waals surface area contributed by atoms with Crippen LogP contribution >= 0.6 is 0 Å². The van der Waals surface area contributed by atoms with Crippen molar-refractivity contribution in [3.8, 4) is 11.4 Å². The summed E-state index contributed by atoms with van der Waals surface area (Å²) >= 11 is 0. The predicted molar refractivity (Wildman–Crippen MR) is 89.0 cm³/mol. The maximum atomic E-state index is 12.5. The van der Waals surface area contributed by atoms with Crippen molar-refractivity contribution >= 4 is 5.91 Å². The second-order valence-corrected chi connectivity index (χ2v) is 6.26. The second-order valence-electron chi connectivity index (χ2n) is 6.26. The Morgan fingerprint density at radius 1 is 1.33 bits per heavy atom. The van der Waals surface area contributed by atoms with Crippen LogP contribution in [0.2, 0.25) is 0 Å². The molecule has 24 heavy (non-hydrogen) atoms. The fraction of sp³-hybridized carbons (Fsp3) is 0.529. The first-order valence-corrected chi connectivity index (χ1v) is 8.42. The van der Waals surface area contributed by atoms with Gasteiger partial charge in [0.25, 0.3) is 0 Å². The highest BCUT2D eigenvalue weighted by atomic mass is 16.3. The molecule has 0 bridgehead atoms. The third kappa shape index (κ3) is 3.79. The Morgan fingerprint density at radius 2 is 2.12 bits per heavy atom. The number of aliphatic hydroxyl groups is 1. The molecule has 1 saturated heterocycles. The van der Waals surface area contributed by atoms with E-state index in [-0.39, 0.29) is 25.1 Å². The van der Waals surface area contributed by atoms with Gasteiger partial charge in [0.2, 0.25) is 11.7 Å². The fourth-order valence-corrected chi connectivity index (χ4v) is 3.13. The first-order chi connectivity index (χ1) is 11.7. The minimum atomic E-state index is 0.0169. The summed E-state index contributed by atoms with van der Waals surface area (Å²) in [6.07, 6.45) is 3.60.